The first-order valence-electron chi connectivity index (χ1n) is 14.4. The molecule has 1 aromatic heterocycles. The van der Waals surface area contributed by atoms with Gasteiger partial charge in [-0.15, -0.1) is 0 Å². The lowest BCUT2D eigenvalue weighted by Gasteiger charge is -2.36. The van der Waals surface area contributed by atoms with Crippen molar-refractivity contribution in [2.24, 2.45) is 0 Å². The van der Waals surface area contributed by atoms with E-state index in [0.29, 0.717) is 18.1 Å². The van der Waals surface area contributed by atoms with E-state index >= 15 is 0 Å². The number of rotatable bonds is 10. The van der Waals surface area contributed by atoms with Crippen LogP contribution in [0.15, 0.2) is 114 Å². The lowest BCUT2D eigenvalue weighted by Crippen LogP contribution is -2.32. The zero-order valence-electron chi connectivity index (χ0n) is 24.1. The van der Waals surface area contributed by atoms with Gasteiger partial charge in [0, 0.05) is 18.5 Å². The van der Waals surface area contributed by atoms with E-state index in [0.717, 1.165) is 33.4 Å². The van der Waals surface area contributed by atoms with Crippen LogP contribution < -0.4 is 4.72 Å². The maximum atomic E-state index is 12.7. The number of hydrogen-bond acceptors (Lipinski definition) is 6. The van der Waals surface area contributed by atoms with Crippen molar-refractivity contribution < 1.29 is 23.0 Å². The first kappa shape index (κ1) is 31.4. The maximum absolute atomic E-state index is 12.7. The third-order valence-electron chi connectivity index (χ3n) is 7.71. The van der Waals surface area contributed by atoms with Gasteiger partial charge in [0.05, 0.1) is 36.6 Å². The summed E-state index contributed by atoms with van der Waals surface area (Å²) in [6.45, 7) is 0.586. The smallest absolute Gasteiger partial charge is 0.240 e. The Morgan fingerprint density at radius 1 is 0.844 bits per heavy atom. The third-order valence-corrected chi connectivity index (χ3v) is 9.90. The highest BCUT2D eigenvalue weighted by Gasteiger charge is 2.33. The molecule has 2 heterocycles. The lowest BCUT2D eigenvalue weighted by molar-refractivity contribution is -0.252. The second-order valence-electron chi connectivity index (χ2n) is 10.8. The largest absolute Gasteiger partial charge is 0.392 e. The standard InChI is InChI=1S/C34H31Cl2N3O5S/c35-32-33(36)39(22-37-32)20-29-18-31(26-11-9-23(21-40)10-12-26)44-34(43-29)27-15-13-25(14-16-27)28-6-4-5-24(17-28)19-38-45(41,42)30-7-2-1-3-8-30/h1-17,22,29,31,34,38,40H,18-21H2/t29-,31+,34+/m0/s1. The van der Waals surface area contributed by atoms with E-state index in [1.165, 1.54) is 0 Å². The molecule has 0 bridgehead atoms. The zero-order chi connectivity index (χ0) is 31.4. The summed E-state index contributed by atoms with van der Waals surface area (Å²) in [5.41, 5.74) is 5.42. The van der Waals surface area contributed by atoms with Crippen molar-refractivity contribution in [1.29, 1.82) is 0 Å². The number of imidazole rings is 1. The number of ether oxygens (including phenoxy) is 2. The predicted octanol–water partition coefficient (Wildman–Crippen LogP) is 7.07. The van der Waals surface area contributed by atoms with Gasteiger partial charge in [-0.25, -0.2) is 18.1 Å². The van der Waals surface area contributed by atoms with Crippen molar-refractivity contribution >= 4 is 33.2 Å². The molecular formula is C34H31Cl2N3O5S. The van der Waals surface area contributed by atoms with E-state index < -0.39 is 16.3 Å². The van der Waals surface area contributed by atoms with Crippen LogP contribution in [0.3, 0.4) is 0 Å². The van der Waals surface area contributed by atoms with Crippen molar-refractivity contribution in [3.8, 4) is 11.1 Å². The molecule has 4 aromatic carbocycles. The number of halogens is 2. The maximum Gasteiger partial charge on any atom is 0.240 e. The van der Waals surface area contributed by atoms with E-state index in [9.17, 15) is 13.5 Å². The molecule has 5 aromatic rings. The van der Waals surface area contributed by atoms with Gasteiger partial charge >= 0.3 is 0 Å². The van der Waals surface area contributed by atoms with Crippen molar-refractivity contribution in [2.75, 3.05) is 0 Å². The molecule has 1 saturated heterocycles. The molecule has 1 fully saturated rings. The highest BCUT2D eigenvalue weighted by atomic mass is 35.5. The average molecular weight is 665 g/mol. The topological polar surface area (TPSA) is 103 Å². The third kappa shape index (κ3) is 7.48. The molecule has 2 N–H and O–H groups in total. The number of hydrogen-bond donors (Lipinski definition) is 2. The van der Waals surface area contributed by atoms with Gasteiger partial charge in [0.2, 0.25) is 10.0 Å². The predicted molar refractivity (Wildman–Crippen MR) is 173 cm³/mol. The first-order chi connectivity index (χ1) is 21.8. The summed E-state index contributed by atoms with van der Waals surface area (Å²) in [5.74, 6) is 0. The molecule has 0 radical (unpaired) electrons. The summed E-state index contributed by atoms with van der Waals surface area (Å²) < 4.78 is 42.7. The first-order valence-corrected chi connectivity index (χ1v) is 16.6. The van der Waals surface area contributed by atoms with Crippen LogP contribution in [-0.4, -0.2) is 29.2 Å². The second-order valence-corrected chi connectivity index (χ2v) is 13.3. The van der Waals surface area contributed by atoms with Crippen LogP contribution in [0.25, 0.3) is 11.1 Å². The molecule has 45 heavy (non-hydrogen) atoms. The quantitative estimate of drug-likeness (QED) is 0.166. The van der Waals surface area contributed by atoms with Crippen LogP contribution in [0.4, 0.5) is 0 Å². The van der Waals surface area contributed by atoms with E-state index in [1.807, 2.05) is 72.8 Å². The number of nitrogens with zero attached hydrogens (tertiary/aromatic N) is 2. The molecule has 0 spiro atoms. The SMILES string of the molecule is O=S(=O)(NCc1cccc(-c2ccc([C@@H]3O[C@H](Cn4cnc(Cl)c4Cl)C[C@H](c4ccc(CO)cc4)O3)cc2)c1)c1ccccc1. The monoisotopic (exact) mass is 663 g/mol. The second kappa shape index (κ2) is 13.8. The summed E-state index contributed by atoms with van der Waals surface area (Å²) in [4.78, 5) is 4.32. The molecule has 8 nitrogen and oxygen atoms in total. The van der Waals surface area contributed by atoms with Gasteiger partial charge in [-0.3, -0.25) is 0 Å². The van der Waals surface area contributed by atoms with E-state index in [4.69, 9.17) is 32.7 Å². The van der Waals surface area contributed by atoms with Gasteiger partial charge in [0.1, 0.15) is 5.15 Å². The fourth-order valence-corrected chi connectivity index (χ4v) is 6.63. The number of nitrogens with one attached hydrogen (secondary N) is 1. The number of sulfonamides is 1. The molecule has 232 valence electrons. The van der Waals surface area contributed by atoms with Crippen molar-refractivity contribution in [2.45, 2.75) is 49.5 Å². The molecule has 1 aliphatic heterocycles. The average Bonchev–Trinajstić information content (AvgIpc) is 3.40. The minimum atomic E-state index is -3.62. The van der Waals surface area contributed by atoms with Crippen LogP contribution in [0.1, 0.15) is 41.1 Å². The molecule has 6 rings (SSSR count). The van der Waals surface area contributed by atoms with Crippen molar-refractivity contribution in [3.63, 3.8) is 0 Å². The van der Waals surface area contributed by atoms with Crippen LogP contribution >= 0.6 is 23.2 Å². The minimum Gasteiger partial charge on any atom is -0.392 e. The van der Waals surface area contributed by atoms with Gasteiger partial charge in [-0.1, -0.05) is 108 Å². The van der Waals surface area contributed by atoms with Gasteiger partial charge in [-0.2, -0.15) is 0 Å². The number of aliphatic hydroxyl groups is 1. The molecule has 11 heteroatoms. The van der Waals surface area contributed by atoms with Crippen LogP contribution in [0, 0.1) is 0 Å². The van der Waals surface area contributed by atoms with Crippen LogP contribution in [0.2, 0.25) is 10.3 Å². The van der Waals surface area contributed by atoms with E-state index in [2.05, 4.69) is 9.71 Å². The molecule has 0 unspecified atom stereocenters. The molecule has 0 amide bonds. The number of benzene rings is 4. The molecular weight excluding hydrogens is 633 g/mol. The van der Waals surface area contributed by atoms with Gasteiger partial charge in [-0.05, 0) is 46.0 Å². The summed E-state index contributed by atoms with van der Waals surface area (Å²) in [6.07, 6.45) is 1.04. The van der Waals surface area contributed by atoms with Crippen LogP contribution in [-0.2, 0) is 39.2 Å². The molecule has 0 saturated carbocycles. The fourth-order valence-electron chi connectivity index (χ4n) is 5.28. The Morgan fingerprint density at radius 2 is 1.58 bits per heavy atom. The Kier molecular flexibility index (Phi) is 9.67. The Bertz CT molecular complexity index is 1850. The van der Waals surface area contributed by atoms with E-state index in [1.54, 1.807) is 41.2 Å². The van der Waals surface area contributed by atoms with Crippen molar-refractivity contribution in [1.82, 2.24) is 14.3 Å². The summed E-state index contributed by atoms with van der Waals surface area (Å²) in [7, 11) is -3.62. The minimum absolute atomic E-state index is 0.0292. The Balaban J connectivity index is 1.19. The lowest BCUT2D eigenvalue weighted by atomic mass is 9.99. The summed E-state index contributed by atoms with van der Waals surface area (Å²) in [6, 6.07) is 31.7. The Morgan fingerprint density at radius 3 is 2.27 bits per heavy atom. The highest BCUT2D eigenvalue weighted by molar-refractivity contribution is 7.89. The number of aromatic nitrogens is 2. The molecule has 0 aliphatic carbocycles. The highest BCUT2D eigenvalue weighted by Crippen LogP contribution is 2.39. The number of aliphatic hydroxyl groups excluding tert-OH is 1. The summed E-state index contributed by atoms with van der Waals surface area (Å²) in [5, 5.41) is 10.1. The summed E-state index contributed by atoms with van der Waals surface area (Å²) >= 11 is 12.4. The zero-order valence-corrected chi connectivity index (χ0v) is 26.4. The van der Waals surface area contributed by atoms with Crippen LogP contribution in [0.5, 0.6) is 0 Å². The van der Waals surface area contributed by atoms with Gasteiger partial charge in [0.25, 0.3) is 0 Å². The molecule has 1 aliphatic rings. The Labute approximate surface area is 272 Å². The van der Waals surface area contributed by atoms with Gasteiger partial charge in [0.15, 0.2) is 11.4 Å². The normalized spacial score (nSPS) is 18.6. The van der Waals surface area contributed by atoms with Gasteiger partial charge < -0.3 is 19.1 Å². The molecule has 3 atom stereocenters. The Hall–Kier alpha value is -3.54. The van der Waals surface area contributed by atoms with E-state index in [-0.39, 0.29) is 35.4 Å². The fraction of sp³-hybridized carbons (Fsp3) is 0.206. The van der Waals surface area contributed by atoms with Crippen molar-refractivity contribution in [3.05, 3.63) is 142 Å².